The van der Waals surface area contributed by atoms with E-state index in [0.717, 1.165) is 51.0 Å². The molecule has 1 aliphatic carbocycles. The van der Waals surface area contributed by atoms with Crippen molar-refractivity contribution in [2.75, 3.05) is 13.1 Å². The van der Waals surface area contributed by atoms with Crippen molar-refractivity contribution >= 4 is 5.91 Å². The van der Waals surface area contributed by atoms with Crippen LogP contribution in [0.3, 0.4) is 0 Å². The van der Waals surface area contributed by atoms with E-state index in [1.54, 1.807) is 0 Å². The zero-order chi connectivity index (χ0) is 13.9. The molecule has 20 heavy (non-hydrogen) atoms. The molecule has 0 N–H and O–H groups in total. The first-order valence-corrected chi connectivity index (χ1v) is 7.69. The fourth-order valence-corrected chi connectivity index (χ4v) is 3.43. The standard InChI is InChI=1S/C16H23N3O/c1-13-17-9-11-19(13)15-8-5-10-18(12-15)16(20)14-6-3-2-4-7-14/h2-3,9,11,14-15H,4-8,10,12H2,1H3. The molecule has 2 atom stereocenters. The van der Waals surface area contributed by atoms with Gasteiger partial charge in [-0.15, -0.1) is 0 Å². The summed E-state index contributed by atoms with van der Waals surface area (Å²) in [5.74, 6) is 1.62. The fourth-order valence-electron chi connectivity index (χ4n) is 3.43. The van der Waals surface area contributed by atoms with Gasteiger partial charge < -0.3 is 9.47 Å². The summed E-state index contributed by atoms with van der Waals surface area (Å²) in [6.45, 7) is 3.80. The SMILES string of the molecule is Cc1nccn1C1CCCN(C(=O)C2CC=CCC2)C1. The first-order valence-electron chi connectivity index (χ1n) is 7.69. The molecule has 3 rings (SSSR count). The number of piperidine rings is 1. The monoisotopic (exact) mass is 273 g/mol. The molecule has 0 radical (unpaired) electrons. The van der Waals surface area contributed by atoms with Crippen LogP contribution in [0, 0.1) is 12.8 Å². The number of aryl methyl sites for hydroxylation is 1. The van der Waals surface area contributed by atoms with Crippen LogP contribution in [0.25, 0.3) is 0 Å². The van der Waals surface area contributed by atoms with Crippen molar-refractivity contribution in [3.8, 4) is 0 Å². The van der Waals surface area contributed by atoms with Crippen molar-refractivity contribution in [3.63, 3.8) is 0 Å². The van der Waals surface area contributed by atoms with Gasteiger partial charge in [-0.2, -0.15) is 0 Å². The lowest BCUT2D eigenvalue weighted by molar-refractivity contribution is -0.137. The number of nitrogens with zero attached hydrogens (tertiary/aromatic N) is 3. The van der Waals surface area contributed by atoms with Crippen molar-refractivity contribution < 1.29 is 4.79 Å². The number of carbonyl (C=O) groups is 1. The van der Waals surface area contributed by atoms with Gasteiger partial charge in [0.2, 0.25) is 5.91 Å². The number of amides is 1. The Bertz CT molecular complexity index is 506. The Balaban J connectivity index is 1.67. The van der Waals surface area contributed by atoms with Gasteiger partial charge in [0.15, 0.2) is 0 Å². The van der Waals surface area contributed by atoms with Gasteiger partial charge in [0.25, 0.3) is 0 Å². The number of allylic oxidation sites excluding steroid dienone is 2. The second-order valence-electron chi connectivity index (χ2n) is 5.94. The summed E-state index contributed by atoms with van der Waals surface area (Å²) in [4.78, 5) is 19.0. The molecule has 1 saturated heterocycles. The van der Waals surface area contributed by atoms with E-state index in [9.17, 15) is 4.79 Å². The number of hydrogen-bond donors (Lipinski definition) is 0. The smallest absolute Gasteiger partial charge is 0.226 e. The van der Waals surface area contributed by atoms with Gasteiger partial charge in [-0.05, 0) is 39.0 Å². The van der Waals surface area contributed by atoms with Gasteiger partial charge in [0.05, 0.1) is 6.04 Å². The second kappa shape index (κ2) is 5.81. The van der Waals surface area contributed by atoms with E-state index in [2.05, 4.69) is 26.6 Å². The Morgan fingerprint density at radius 2 is 2.25 bits per heavy atom. The van der Waals surface area contributed by atoms with Gasteiger partial charge in [-0.25, -0.2) is 4.98 Å². The maximum absolute atomic E-state index is 12.6. The van der Waals surface area contributed by atoms with E-state index >= 15 is 0 Å². The lowest BCUT2D eigenvalue weighted by Crippen LogP contribution is -2.43. The molecule has 1 fully saturated rings. The summed E-state index contributed by atoms with van der Waals surface area (Å²) in [7, 11) is 0. The van der Waals surface area contributed by atoms with Gasteiger partial charge in [0.1, 0.15) is 5.82 Å². The maximum atomic E-state index is 12.6. The van der Waals surface area contributed by atoms with Gasteiger partial charge in [-0.1, -0.05) is 12.2 Å². The van der Waals surface area contributed by atoms with Crippen molar-refractivity contribution in [2.24, 2.45) is 5.92 Å². The Morgan fingerprint density at radius 3 is 2.95 bits per heavy atom. The minimum absolute atomic E-state index is 0.211. The highest BCUT2D eigenvalue weighted by Gasteiger charge is 2.29. The number of rotatable bonds is 2. The fraction of sp³-hybridized carbons (Fsp3) is 0.625. The molecule has 1 aromatic rings. The third-order valence-corrected chi connectivity index (χ3v) is 4.58. The quantitative estimate of drug-likeness (QED) is 0.777. The van der Waals surface area contributed by atoms with Crippen LogP contribution in [0.2, 0.25) is 0 Å². The molecular formula is C16H23N3O. The minimum atomic E-state index is 0.211. The van der Waals surface area contributed by atoms with Crippen molar-refractivity contribution in [1.29, 1.82) is 0 Å². The Morgan fingerprint density at radius 1 is 1.35 bits per heavy atom. The molecule has 1 aliphatic heterocycles. The third kappa shape index (κ3) is 2.65. The van der Waals surface area contributed by atoms with Crippen molar-refractivity contribution in [3.05, 3.63) is 30.4 Å². The molecule has 4 nitrogen and oxygen atoms in total. The molecule has 1 aromatic heterocycles. The summed E-state index contributed by atoms with van der Waals surface area (Å²) < 4.78 is 2.22. The highest BCUT2D eigenvalue weighted by atomic mass is 16.2. The average Bonchev–Trinajstić information content (AvgIpc) is 2.94. The lowest BCUT2D eigenvalue weighted by Gasteiger charge is -2.36. The molecule has 108 valence electrons. The molecule has 0 saturated carbocycles. The van der Waals surface area contributed by atoms with E-state index in [1.165, 1.54) is 0 Å². The normalized spacial score (nSPS) is 26.8. The number of imidazole rings is 1. The highest BCUT2D eigenvalue weighted by Crippen LogP contribution is 2.26. The van der Waals surface area contributed by atoms with E-state index in [-0.39, 0.29) is 5.92 Å². The predicted molar refractivity (Wildman–Crippen MR) is 78.3 cm³/mol. The van der Waals surface area contributed by atoms with E-state index in [1.807, 2.05) is 19.3 Å². The number of hydrogen-bond acceptors (Lipinski definition) is 2. The molecule has 2 heterocycles. The third-order valence-electron chi connectivity index (χ3n) is 4.58. The Hall–Kier alpha value is -1.58. The second-order valence-corrected chi connectivity index (χ2v) is 5.94. The zero-order valence-corrected chi connectivity index (χ0v) is 12.2. The number of likely N-dealkylation sites (tertiary alicyclic amines) is 1. The zero-order valence-electron chi connectivity index (χ0n) is 12.2. The summed E-state index contributed by atoms with van der Waals surface area (Å²) in [6.07, 6.45) is 13.5. The Labute approximate surface area is 120 Å². The first-order chi connectivity index (χ1) is 9.75. The van der Waals surface area contributed by atoms with Crippen LogP contribution in [-0.4, -0.2) is 33.4 Å². The van der Waals surface area contributed by atoms with E-state index < -0.39 is 0 Å². The van der Waals surface area contributed by atoms with Gasteiger partial charge in [0, 0.05) is 31.4 Å². The number of aromatic nitrogens is 2. The lowest BCUT2D eigenvalue weighted by atomic mass is 9.92. The average molecular weight is 273 g/mol. The molecule has 0 spiro atoms. The topological polar surface area (TPSA) is 38.1 Å². The Kier molecular flexibility index (Phi) is 3.90. The highest BCUT2D eigenvalue weighted by molar-refractivity contribution is 5.79. The maximum Gasteiger partial charge on any atom is 0.226 e. The molecule has 1 amide bonds. The largest absolute Gasteiger partial charge is 0.340 e. The minimum Gasteiger partial charge on any atom is -0.340 e. The molecule has 0 bridgehead atoms. The summed E-state index contributed by atoms with van der Waals surface area (Å²) in [5, 5.41) is 0. The summed E-state index contributed by atoms with van der Waals surface area (Å²) >= 11 is 0. The molecule has 2 aliphatic rings. The van der Waals surface area contributed by atoms with Crippen LogP contribution < -0.4 is 0 Å². The van der Waals surface area contributed by atoms with Crippen LogP contribution in [0.1, 0.15) is 44.0 Å². The summed E-state index contributed by atoms with van der Waals surface area (Å²) in [6, 6.07) is 0.398. The van der Waals surface area contributed by atoms with Crippen LogP contribution >= 0.6 is 0 Å². The predicted octanol–water partition coefficient (Wildman–Crippen LogP) is 2.71. The van der Waals surface area contributed by atoms with Gasteiger partial charge >= 0.3 is 0 Å². The first kappa shape index (κ1) is 13.4. The van der Waals surface area contributed by atoms with Crippen LogP contribution in [0.15, 0.2) is 24.5 Å². The molecule has 2 unspecified atom stereocenters. The molecular weight excluding hydrogens is 250 g/mol. The van der Waals surface area contributed by atoms with E-state index in [0.29, 0.717) is 11.9 Å². The van der Waals surface area contributed by atoms with Crippen molar-refractivity contribution in [2.45, 2.75) is 45.1 Å². The number of carbonyl (C=O) groups excluding carboxylic acids is 1. The molecule has 0 aromatic carbocycles. The van der Waals surface area contributed by atoms with Crippen LogP contribution in [0.5, 0.6) is 0 Å². The van der Waals surface area contributed by atoms with Gasteiger partial charge in [-0.3, -0.25) is 4.79 Å². The molecule has 4 heteroatoms. The van der Waals surface area contributed by atoms with Crippen molar-refractivity contribution in [1.82, 2.24) is 14.5 Å². The van der Waals surface area contributed by atoms with E-state index in [4.69, 9.17) is 0 Å². The van der Waals surface area contributed by atoms with Crippen LogP contribution in [0.4, 0.5) is 0 Å². The summed E-state index contributed by atoms with van der Waals surface area (Å²) in [5.41, 5.74) is 0. The van der Waals surface area contributed by atoms with Crippen LogP contribution in [-0.2, 0) is 4.79 Å².